The zero-order valence-corrected chi connectivity index (χ0v) is 15.2. The van der Waals surface area contributed by atoms with E-state index in [9.17, 15) is 9.18 Å². The van der Waals surface area contributed by atoms with E-state index in [2.05, 4.69) is 26.9 Å². The molecule has 4 rings (SSSR count). The average molecular weight is 371 g/mol. The molecule has 2 saturated heterocycles. The maximum atomic E-state index is 13.7. The normalized spacial score (nSPS) is 21.7. The highest BCUT2D eigenvalue weighted by atomic mass is 19.1. The van der Waals surface area contributed by atoms with Gasteiger partial charge in [0, 0.05) is 31.7 Å². The Kier molecular flexibility index (Phi) is 4.73. The topological polar surface area (TPSA) is 71.5 Å². The third kappa shape index (κ3) is 3.49. The predicted molar refractivity (Wildman–Crippen MR) is 95.7 cm³/mol. The highest BCUT2D eigenvalue weighted by Crippen LogP contribution is 2.38. The number of aromatic nitrogens is 3. The molecule has 0 N–H and O–H groups in total. The van der Waals surface area contributed by atoms with Gasteiger partial charge in [-0.1, -0.05) is 0 Å². The maximum Gasteiger partial charge on any atom is 0.291 e. The Morgan fingerprint density at radius 1 is 1.26 bits per heavy atom. The fraction of sp³-hybridized carbons (Fsp3) is 0.474. The van der Waals surface area contributed by atoms with E-state index in [1.54, 1.807) is 29.4 Å². The molecule has 0 aromatic carbocycles. The lowest BCUT2D eigenvalue weighted by atomic mass is 9.75. The first-order chi connectivity index (χ1) is 13.1. The van der Waals surface area contributed by atoms with Gasteiger partial charge in [-0.3, -0.25) is 9.69 Å². The first-order valence-corrected chi connectivity index (χ1v) is 9.08. The fourth-order valence-electron chi connectivity index (χ4n) is 3.95. The molecule has 2 aromatic heterocycles. The molecule has 1 spiro atoms. The summed E-state index contributed by atoms with van der Waals surface area (Å²) >= 11 is 0. The molecule has 142 valence electrons. The molecule has 1 atom stereocenters. The molecule has 1 amide bonds. The van der Waals surface area contributed by atoms with Gasteiger partial charge in [0.25, 0.3) is 5.91 Å². The van der Waals surface area contributed by atoms with E-state index in [1.165, 1.54) is 12.3 Å². The molecule has 7 nitrogen and oxygen atoms in total. The Hall–Kier alpha value is -2.61. The number of amides is 1. The van der Waals surface area contributed by atoms with Gasteiger partial charge in [-0.25, -0.2) is 19.3 Å². The Morgan fingerprint density at radius 3 is 2.74 bits per heavy atom. The fourth-order valence-corrected chi connectivity index (χ4v) is 3.95. The smallest absolute Gasteiger partial charge is 0.291 e. The number of piperidine rings is 1. The van der Waals surface area contributed by atoms with Crippen molar-refractivity contribution in [2.24, 2.45) is 5.92 Å². The van der Waals surface area contributed by atoms with E-state index in [4.69, 9.17) is 4.74 Å². The highest BCUT2D eigenvalue weighted by Gasteiger charge is 2.51. The number of hydrogen-bond donors (Lipinski definition) is 0. The number of ether oxygens (including phenoxy) is 1. The summed E-state index contributed by atoms with van der Waals surface area (Å²) in [5.41, 5.74) is -0.0562. The number of likely N-dealkylation sites (tertiary alicyclic amines) is 2. The molecule has 0 radical (unpaired) electrons. The molecule has 0 bridgehead atoms. The van der Waals surface area contributed by atoms with Crippen LogP contribution in [0.1, 0.15) is 23.5 Å². The van der Waals surface area contributed by atoms with E-state index in [-0.39, 0.29) is 23.2 Å². The van der Waals surface area contributed by atoms with Crippen LogP contribution in [0.4, 0.5) is 4.39 Å². The van der Waals surface area contributed by atoms with Crippen LogP contribution >= 0.6 is 0 Å². The molecule has 4 heterocycles. The van der Waals surface area contributed by atoms with Crippen LogP contribution < -0.4 is 4.74 Å². The summed E-state index contributed by atoms with van der Waals surface area (Å²) < 4.78 is 19.3. The first-order valence-electron chi connectivity index (χ1n) is 9.08. The van der Waals surface area contributed by atoms with Gasteiger partial charge in [0.05, 0.1) is 12.1 Å². The minimum absolute atomic E-state index is 0.0529. The van der Waals surface area contributed by atoms with E-state index in [0.29, 0.717) is 25.6 Å². The van der Waals surface area contributed by atoms with Crippen molar-refractivity contribution in [3.8, 4) is 5.88 Å². The lowest BCUT2D eigenvalue weighted by molar-refractivity contribution is -0.0700. The summed E-state index contributed by atoms with van der Waals surface area (Å²) in [6.07, 6.45) is 6.55. The first kappa shape index (κ1) is 17.8. The van der Waals surface area contributed by atoms with E-state index in [1.807, 2.05) is 0 Å². The minimum atomic E-state index is -0.441. The summed E-state index contributed by atoms with van der Waals surface area (Å²) in [6, 6.07) is 4.58. The van der Waals surface area contributed by atoms with Gasteiger partial charge in [-0.05, 0) is 50.6 Å². The van der Waals surface area contributed by atoms with Crippen LogP contribution in [0.15, 0.2) is 36.8 Å². The summed E-state index contributed by atoms with van der Waals surface area (Å²) in [5, 5.41) is 0. The summed E-state index contributed by atoms with van der Waals surface area (Å²) in [7, 11) is 2.09. The number of carbonyl (C=O) groups is 1. The number of carbonyl (C=O) groups excluding carboxylic acids is 1. The van der Waals surface area contributed by atoms with Crippen molar-refractivity contribution >= 4 is 5.91 Å². The molecule has 8 heteroatoms. The quantitative estimate of drug-likeness (QED) is 0.814. The Morgan fingerprint density at radius 2 is 2.00 bits per heavy atom. The van der Waals surface area contributed by atoms with Crippen LogP contribution in [0.2, 0.25) is 0 Å². The minimum Gasteiger partial charge on any atom is -0.475 e. The number of nitrogens with zero attached hydrogens (tertiary/aromatic N) is 5. The van der Waals surface area contributed by atoms with Crippen molar-refractivity contribution in [3.05, 3.63) is 48.4 Å². The molecule has 2 fully saturated rings. The number of likely N-dealkylation sites (N-methyl/N-ethyl adjacent to an activating group) is 1. The summed E-state index contributed by atoms with van der Waals surface area (Å²) in [4.78, 5) is 28.6. The van der Waals surface area contributed by atoms with Gasteiger partial charge in [-0.15, -0.1) is 0 Å². The zero-order chi connectivity index (χ0) is 18.9. The molecular formula is C19H22FN5O2. The monoisotopic (exact) mass is 371 g/mol. The number of pyridine rings is 1. The van der Waals surface area contributed by atoms with E-state index >= 15 is 0 Å². The van der Waals surface area contributed by atoms with Crippen LogP contribution in [-0.2, 0) is 0 Å². The second kappa shape index (κ2) is 7.19. The lowest BCUT2D eigenvalue weighted by Gasteiger charge is -2.58. The van der Waals surface area contributed by atoms with Crippen LogP contribution in [0.25, 0.3) is 0 Å². The molecule has 0 saturated carbocycles. The Bertz CT molecular complexity index is 813. The van der Waals surface area contributed by atoms with Gasteiger partial charge in [0.1, 0.15) is 0 Å². The Labute approximate surface area is 157 Å². The van der Waals surface area contributed by atoms with Gasteiger partial charge in [0.2, 0.25) is 11.7 Å². The van der Waals surface area contributed by atoms with Gasteiger partial charge in [0.15, 0.2) is 5.82 Å². The summed E-state index contributed by atoms with van der Waals surface area (Å²) in [6.45, 7) is 2.64. The lowest BCUT2D eigenvalue weighted by Crippen LogP contribution is -2.72. The summed E-state index contributed by atoms with van der Waals surface area (Å²) in [5.74, 6) is 0.00764. The van der Waals surface area contributed by atoms with Crippen molar-refractivity contribution < 1.29 is 13.9 Å². The van der Waals surface area contributed by atoms with Crippen LogP contribution in [0.3, 0.4) is 0 Å². The second-order valence-electron chi connectivity index (χ2n) is 7.34. The van der Waals surface area contributed by atoms with Crippen LogP contribution in [-0.4, -0.2) is 69.5 Å². The number of rotatable bonds is 4. The highest BCUT2D eigenvalue weighted by molar-refractivity contribution is 5.91. The van der Waals surface area contributed by atoms with Gasteiger partial charge in [-0.2, -0.15) is 0 Å². The molecule has 2 aromatic rings. The van der Waals surface area contributed by atoms with Gasteiger partial charge < -0.3 is 9.64 Å². The van der Waals surface area contributed by atoms with E-state index in [0.717, 1.165) is 19.4 Å². The van der Waals surface area contributed by atoms with Crippen molar-refractivity contribution in [2.75, 3.05) is 33.3 Å². The standard InChI is InChI=1S/C19H22FN5O2/c1-24-9-5-14(11-27-17-15(20)4-2-6-23-17)10-19(24)12-25(13-19)18(26)16-21-7-3-8-22-16/h2-4,6-8,14H,5,9-13H2,1H3. The molecule has 2 aliphatic heterocycles. The number of halogens is 1. The SMILES string of the molecule is CN1CCC(COc2ncccc2F)CC12CN(C(=O)c1ncccn1)C2. The molecule has 27 heavy (non-hydrogen) atoms. The molecular weight excluding hydrogens is 349 g/mol. The van der Waals surface area contributed by atoms with Crippen molar-refractivity contribution in [1.29, 1.82) is 0 Å². The maximum absolute atomic E-state index is 13.7. The number of hydrogen-bond acceptors (Lipinski definition) is 6. The second-order valence-corrected chi connectivity index (χ2v) is 7.34. The van der Waals surface area contributed by atoms with E-state index < -0.39 is 5.82 Å². The van der Waals surface area contributed by atoms with Crippen molar-refractivity contribution in [3.63, 3.8) is 0 Å². The van der Waals surface area contributed by atoms with Gasteiger partial charge >= 0.3 is 0 Å². The third-order valence-electron chi connectivity index (χ3n) is 5.55. The predicted octanol–water partition coefficient (Wildman–Crippen LogP) is 1.63. The van der Waals surface area contributed by atoms with Crippen molar-refractivity contribution in [2.45, 2.75) is 18.4 Å². The van der Waals surface area contributed by atoms with Crippen LogP contribution in [0, 0.1) is 11.7 Å². The molecule has 2 aliphatic rings. The molecule has 0 aliphatic carbocycles. The average Bonchev–Trinajstić information content (AvgIpc) is 2.67. The zero-order valence-electron chi connectivity index (χ0n) is 15.2. The third-order valence-corrected chi connectivity index (χ3v) is 5.55. The Balaban J connectivity index is 1.36. The largest absolute Gasteiger partial charge is 0.475 e. The van der Waals surface area contributed by atoms with Crippen LogP contribution in [0.5, 0.6) is 5.88 Å². The van der Waals surface area contributed by atoms with Crippen molar-refractivity contribution in [1.82, 2.24) is 24.8 Å². The molecule has 1 unspecified atom stereocenters.